The van der Waals surface area contributed by atoms with Crippen molar-refractivity contribution in [3.8, 4) is 5.75 Å². The number of hydrogen-bond acceptors (Lipinski definition) is 5. The van der Waals surface area contributed by atoms with Crippen LogP contribution in [0.4, 0.5) is 21.8 Å². The molecule has 2 aromatic carbocycles. The van der Waals surface area contributed by atoms with E-state index in [1.54, 1.807) is 19.2 Å². The number of halogens is 1. The van der Waals surface area contributed by atoms with E-state index in [0.29, 0.717) is 18.3 Å². The lowest BCUT2D eigenvalue weighted by atomic mass is 10.1. The van der Waals surface area contributed by atoms with Gasteiger partial charge in [-0.05, 0) is 55.3 Å². The molecule has 0 aliphatic rings. The zero-order chi connectivity index (χ0) is 18.4. The van der Waals surface area contributed by atoms with Crippen molar-refractivity contribution < 1.29 is 9.13 Å². The first kappa shape index (κ1) is 17.7. The Labute approximate surface area is 152 Å². The van der Waals surface area contributed by atoms with E-state index in [9.17, 15) is 4.39 Å². The second-order valence-electron chi connectivity index (χ2n) is 5.88. The Morgan fingerprint density at radius 1 is 1.04 bits per heavy atom. The Bertz CT molecular complexity index is 868. The minimum absolute atomic E-state index is 0.269. The number of ether oxygens (including phenoxy) is 1. The van der Waals surface area contributed by atoms with Crippen molar-refractivity contribution in [1.82, 2.24) is 9.97 Å². The van der Waals surface area contributed by atoms with E-state index in [1.165, 1.54) is 17.7 Å². The Hall–Kier alpha value is -3.15. The molecular weight excluding hydrogens is 331 g/mol. The van der Waals surface area contributed by atoms with Crippen LogP contribution >= 0.6 is 0 Å². The van der Waals surface area contributed by atoms with Crippen molar-refractivity contribution in [2.45, 2.75) is 13.3 Å². The summed E-state index contributed by atoms with van der Waals surface area (Å²) in [6.45, 7) is 2.61. The van der Waals surface area contributed by atoms with Crippen molar-refractivity contribution in [3.05, 3.63) is 71.7 Å². The van der Waals surface area contributed by atoms with Crippen LogP contribution in [0, 0.1) is 12.7 Å². The maximum atomic E-state index is 13.0. The van der Waals surface area contributed by atoms with Crippen LogP contribution in [-0.2, 0) is 6.42 Å². The van der Waals surface area contributed by atoms with E-state index in [0.717, 1.165) is 23.6 Å². The number of benzene rings is 2. The van der Waals surface area contributed by atoms with Crippen LogP contribution in [0.2, 0.25) is 0 Å². The summed E-state index contributed by atoms with van der Waals surface area (Å²) in [6, 6.07) is 16.0. The van der Waals surface area contributed by atoms with Gasteiger partial charge in [0.15, 0.2) is 0 Å². The molecule has 0 aliphatic heterocycles. The highest BCUT2D eigenvalue weighted by molar-refractivity contribution is 5.57. The van der Waals surface area contributed by atoms with Gasteiger partial charge in [-0.2, -0.15) is 4.98 Å². The van der Waals surface area contributed by atoms with Gasteiger partial charge >= 0.3 is 0 Å². The predicted molar refractivity (Wildman–Crippen MR) is 102 cm³/mol. The van der Waals surface area contributed by atoms with E-state index < -0.39 is 0 Å². The molecule has 0 saturated carbocycles. The average Bonchev–Trinajstić information content (AvgIpc) is 2.63. The Morgan fingerprint density at radius 3 is 2.62 bits per heavy atom. The molecule has 0 spiro atoms. The molecule has 0 saturated heterocycles. The third-order valence-corrected chi connectivity index (χ3v) is 3.80. The van der Waals surface area contributed by atoms with E-state index >= 15 is 0 Å². The van der Waals surface area contributed by atoms with Gasteiger partial charge in [0.1, 0.15) is 17.4 Å². The summed E-state index contributed by atoms with van der Waals surface area (Å²) < 4.78 is 18.2. The average molecular weight is 352 g/mol. The molecule has 0 amide bonds. The quantitative estimate of drug-likeness (QED) is 0.663. The molecule has 26 heavy (non-hydrogen) atoms. The largest absolute Gasteiger partial charge is 0.497 e. The van der Waals surface area contributed by atoms with E-state index in [-0.39, 0.29) is 5.82 Å². The first-order valence-electron chi connectivity index (χ1n) is 8.37. The SMILES string of the molecule is COc1cccc(CCNc2nc(C)cc(Nc3ccc(F)cc3)n2)c1. The van der Waals surface area contributed by atoms with Gasteiger partial charge in [-0.1, -0.05) is 12.1 Å². The second kappa shape index (κ2) is 8.29. The highest BCUT2D eigenvalue weighted by Crippen LogP contribution is 2.17. The molecule has 6 heteroatoms. The number of nitrogens with zero attached hydrogens (tertiary/aromatic N) is 2. The van der Waals surface area contributed by atoms with Crippen LogP contribution in [0.3, 0.4) is 0 Å². The molecule has 0 atom stereocenters. The van der Waals surface area contributed by atoms with Crippen LogP contribution in [0.1, 0.15) is 11.3 Å². The van der Waals surface area contributed by atoms with Gasteiger partial charge in [0.25, 0.3) is 0 Å². The van der Waals surface area contributed by atoms with Crippen molar-refractivity contribution in [3.63, 3.8) is 0 Å². The van der Waals surface area contributed by atoms with Crippen LogP contribution in [0.5, 0.6) is 5.75 Å². The summed E-state index contributed by atoms with van der Waals surface area (Å²) in [7, 11) is 1.66. The summed E-state index contributed by atoms with van der Waals surface area (Å²) in [6.07, 6.45) is 0.829. The van der Waals surface area contributed by atoms with Gasteiger partial charge in [-0.15, -0.1) is 0 Å². The van der Waals surface area contributed by atoms with Crippen molar-refractivity contribution in [2.75, 3.05) is 24.3 Å². The molecule has 0 fully saturated rings. The zero-order valence-electron chi connectivity index (χ0n) is 14.8. The van der Waals surface area contributed by atoms with Gasteiger partial charge in [-0.3, -0.25) is 0 Å². The topological polar surface area (TPSA) is 59.1 Å². The standard InChI is InChI=1S/C20H21FN4O/c1-14-12-19(24-17-8-6-16(21)7-9-17)25-20(23-14)22-11-10-15-4-3-5-18(13-15)26-2/h3-9,12-13H,10-11H2,1-2H3,(H2,22,23,24,25). The number of aryl methyl sites for hydroxylation is 1. The van der Waals surface area contributed by atoms with Crippen molar-refractivity contribution in [1.29, 1.82) is 0 Å². The highest BCUT2D eigenvalue weighted by atomic mass is 19.1. The lowest BCUT2D eigenvalue weighted by Gasteiger charge is -2.10. The summed E-state index contributed by atoms with van der Waals surface area (Å²) in [5, 5.41) is 6.40. The number of methoxy groups -OCH3 is 1. The lowest BCUT2D eigenvalue weighted by molar-refractivity contribution is 0.414. The van der Waals surface area contributed by atoms with E-state index in [1.807, 2.05) is 31.2 Å². The molecule has 1 heterocycles. The summed E-state index contributed by atoms with van der Waals surface area (Å²) >= 11 is 0. The molecule has 2 N–H and O–H groups in total. The van der Waals surface area contributed by atoms with Gasteiger partial charge < -0.3 is 15.4 Å². The Morgan fingerprint density at radius 2 is 1.85 bits per heavy atom. The molecule has 0 radical (unpaired) electrons. The van der Waals surface area contributed by atoms with Crippen molar-refractivity contribution >= 4 is 17.5 Å². The number of hydrogen-bond donors (Lipinski definition) is 2. The summed E-state index contributed by atoms with van der Waals surface area (Å²) in [5.41, 5.74) is 2.79. The number of anilines is 3. The molecule has 0 unspecified atom stereocenters. The molecule has 1 aromatic heterocycles. The molecule has 0 bridgehead atoms. The maximum Gasteiger partial charge on any atom is 0.224 e. The molecule has 3 rings (SSSR count). The van der Waals surface area contributed by atoms with Gasteiger partial charge in [-0.25, -0.2) is 9.37 Å². The third-order valence-electron chi connectivity index (χ3n) is 3.80. The molecule has 134 valence electrons. The number of nitrogens with one attached hydrogen (secondary N) is 2. The fraction of sp³-hybridized carbons (Fsp3) is 0.200. The zero-order valence-corrected chi connectivity index (χ0v) is 14.8. The monoisotopic (exact) mass is 352 g/mol. The van der Waals surface area contributed by atoms with Gasteiger partial charge in [0, 0.05) is 24.0 Å². The summed E-state index contributed by atoms with van der Waals surface area (Å²) in [4.78, 5) is 8.87. The Balaban J connectivity index is 1.62. The van der Waals surface area contributed by atoms with Crippen molar-refractivity contribution in [2.24, 2.45) is 0 Å². The minimum atomic E-state index is -0.269. The molecule has 5 nitrogen and oxygen atoms in total. The Kier molecular flexibility index (Phi) is 5.63. The van der Waals surface area contributed by atoms with Gasteiger partial charge in [0.05, 0.1) is 7.11 Å². The number of rotatable bonds is 7. The minimum Gasteiger partial charge on any atom is -0.497 e. The van der Waals surface area contributed by atoms with Crippen LogP contribution in [0.15, 0.2) is 54.6 Å². The third kappa shape index (κ3) is 4.92. The normalized spacial score (nSPS) is 10.4. The molecule has 3 aromatic rings. The smallest absolute Gasteiger partial charge is 0.224 e. The fourth-order valence-electron chi connectivity index (χ4n) is 2.54. The molecular formula is C20H21FN4O. The first-order valence-corrected chi connectivity index (χ1v) is 8.37. The van der Waals surface area contributed by atoms with Crippen LogP contribution < -0.4 is 15.4 Å². The summed E-state index contributed by atoms with van der Waals surface area (Å²) in [5.74, 6) is 1.79. The van der Waals surface area contributed by atoms with E-state index in [2.05, 4.69) is 26.7 Å². The van der Waals surface area contributed by atoms with Gasteiger partial charge in [0.2, 0.25) is 5.95 Å². The van der Waals surface area contributed by atoms with Crippen LogP contribution in [-0.4, -0.2) is 23.6 Å². The highest BCUT2D eigenvalue weighted by Gasteiger charge is 2.04. The fourth-order valence-corrected chi connectivity index (χ4v) is 2.54. The van der Waals surface area contributed by atoms with Crippen LogP contribution in [0.25, 0.3) is 0 Å². The maximum absolute atomic E-state index is 13.0. The lowest BCUT2D eigenvalue weighted by Crippen LogP contribution is -2.09. The predicted octanol–water partition coefficient (Wildman–Crippen LogP) is 4.33. The number of aromatic nitrogens is 2. The second-order valence-corrected chi connectivity index (χ2v) is 5.88. The first-order chi connectivity index (χ1) is 12.6. The molecule has 0 aliphatic carbocycles. The van der Waals surface area contributed by atoms with E-state index in [4.69, 9.17) is 4.74 Å².